The number of rotatable bonds is 4. The monoisotopic (exact) mass is 283 g/mol. The van der Waals surface area contributed by atoms with Gasteiger partial charge in [0.25, 0.3) is 0 Å². The molecular weight excluding hydrogens is 262 g/mol. The van der Waals surface area contributed by atoms with E-state index in [-0.39, 0.29) is 0 Å². The van der Waals surface area contributed by atoms with E-state index in [0.717, 1.165) is 31.1 Å². The van der Waals surface area contributed by atoms with Crippen molar-refractivity contribution in [1.29, 1.82) is 0 Å². The molecule has 1 N–H and O–H groups in total. The summed E-state index contributed by atoms with van der Waals surface area (Å²) in [4.78, 5) is 8.85. The Labute approximate surface area is 125 Å². The zero-order valence-corrected chi connectivity index (χ0v) is 12.4. The number of piperidine rings is 1. The molecule has 0 aliphatic carbocycles. The molecule has 1 saturated heterocycles. The fourth-order valence-corrected chi connectivity index (χ4v) is 2.60. The number of aromatic nitrogens is 2. The predicted octanol–water partition coefficient (Wildman–Crippen LogP) is 3.12. The first-order chi connectivity index (χ1) is 10.3. The van der Waals surface area contributed by atoms with E-state index in [4.69, 9.17) is 4.74 Å². The Kier molecular flexibility index (Phi) is 4.46. The summed E-state index contributed by atoms with van der Waals surface area (Å²) in [6.45, 7) is 4.27. The van der Waals surface area contributed by atoms with Crippen LogP contribution in [0.5, 0.6) is 11.5 Å². The van der Waals surface area contributed by atoms with E-state index >= 15 is 0 Å². The van der Waals surface area contributed by atoms with Crippen LogP contribution in [0.1, 0.15) is 24.2 Å². The molecule has 0 bridgehead atoms. The van der Waals surface area contributed by atoms with Crippen LogP contribution in [-0.4, -0.2) is 23.1 Å². The van der Waals surface area contributed by atoms with Gasteiger partial charge in [0.05, 0.1) is 12.4 Å². The third-order valence-corrected chi connectivity index (χ3v) is 3.81. The Morgan fingerprint density at radius 3 is 2.57 bits per heavy atom. The molecule has 1 atom stereocenters. The molecule has 2 aromatic rings. The third-order valence-electron chi connectivity index (χ3n) is 3.81. The van der Waals surface area contributed by atoms with Crippen molar-refractivity contribution >= 4 is 0 Å². The zero-order valence-electron chi connectivity index (χ0n) is 12.4. The molecule has 0 amide bonds. The van der Waals surface area contributed by atoms with Crippen molar-refractivity contribution in [3.05, 3.63) is 48.0 Å². The van der Waals surface area contributed by atoms with Gasteiger partial charge in [-0.05, 0) is 50.9 Å². The summed E-state index contributed by atoms with van der Waals surface area (Å²) in [5.41, 5.74) is 1.22. The van der Waals surface area contributed by atoms with Gasteiger partial charge in [-0.15, -0.1) is 0 Å². The molecule has 1 aromatic heterocycles. The number of aryl methyl sites for hydroxylation is 1. The lowest BCUT2D eigenvalue weighted by molar-refractivity contribution is 0.370. The van der Waals surface area contributed by atoms with Crippen LogP contribution in [0.4, 0.5) is 0 Å². The number of ether oxygens (including phenoxy) is 1. The van der Waals surface area contributed by atoms with Crippen LogP contribution in [0.2, 0.25) is 0 Å². The highest BCUT2D eigenvalue weighted by atomic mass is 16.5. The van der Waals surface area contributed by atoms with E-state index in [9.17, 15) is 0 Å². The molecule has 0 saturated carbocycles. The highest BCUT2D eigenvalue weighted by Crippen LogP contribution is 2.21. The van der Waals surface area contributed by atoms with Gasteiger partial charge in [0, 0.05) is 6.42 Å². The summed E-state index contributed by atoms with van der Waals surface area (Å²) >= 11 is 0. The van der Waals surface area contributed by atoms with Crippen LogP contribution in [0.3, 0.4) is 0 Å². The quantitative estimate of drug-likeness (QED) is 0.936. The lowest BCUT2D eigenvalue weighted by Gasteiger charge is -2.21. The highest BCUT2D eigenvalue weighted by Gasteiger charge is 2.14. The SMILES string of the molecule is Cc1ccc(Oc2cnc(CC3CCCNC3)nc2)cc1. The van der Waals surface area contributed by atoms with Crippen LogP contribution in [-0.2, 0) is 6.42 Å². The van der Waals surface area contributed by atoms with Gasteiger partial charge < -0.3 is 10.1 Å². The lowest BCUT2D eigenvalue weighted by Crippen LogP contribution is -2.31. The average Bonchev–Trinajstić information content (AvgIpc) is 2.53. The third kappa shape index (κ3) is 4.02. The predicted molar refractivity (Wildman–Crippen MR) is 82.6 cm³/mol. The summed E-state index contributed by atoms with van der Waals surface area (Å²) in [7, 11) is 0. The van der Waals surface area contributed by atoms with Crippen molar-refractivity contribution in [2.24, 2.45) is 5.92 Å². The van der Waals surface area contributed by atoms with E-state index in [1.807, 2.05) is 24.3 Å². The molecule has 4 heteroatoms. The fraction of sp³-hybridized carbons (Fsp3) is 0.412. The largest absolute Gasteiger partial charge is 0.454 e. The van der Waals surface area contributed by atoms with E-state index in [1.165, 1.54) is 18.4 Å². The molecule has 1 unspecified atom stereocenters. The van der Waals surface area contributed by atoms with Crippen molar-refractivity contribution in [2.45, 2.75) is 26.2 Å². The van der Waals surface area contributed by atoms with Crippen molar-refractivity contribution < 1.29 is 4.74 Å². The van der Waals surface area contributed by atoms with Crippen LogP contribution in [0, 0.1) is 12.8 Å². The zero-order chi connectivity index (χ0) is 14.5. The molecule has 1 aliphatic heterocycles. The Morgan fingerprint density at radius 2 is 1.90 bits per heavy atom. The van der Waals surface area contributed by atoms with E-state index in [0.29, 0.717) is 11.7 Å². The molecule has 0 spiro atoms. The molecule has 4 nitrogen and oxygen atoms in total. The van der Waals surface area contributed by atoms with Crippen molar-refractivity contribution in [3.63, 3.8) is 0 Å². The molecule has 1 aliphatic rings. The maximum Gasteiger partial charge on any atom is 0.164 e. The second-order valence-electron chi connectivity index (χ2n) is 5.67. The van der Waals surface area contributed by atoms with Crippen LogP contribution in [0.25, 0.3) is 0 Å². The van der Waals surface area contributed by atoms with Gasteiger partial charge in [-0.2, -0.15) is 0 Å². The summed E-state index contributed by atoms with van der Waals surface area (Å²) in [5.74, 6) is 3.06. The summed E-state index contributed by atoms with van der Waals surface area (Å²) < 4.78 is 5.74. The van der Waals surface area contributed by atoms with Gasteiger partial charge in [-0.1, -0.05) is 17.7 Å². The van der Waals surface area contributed by atoms with Gasteiger partial charge in [0.2, 0.25) is 0 Å². The standard InChI is InChI=1S/C17H21N3O/c1-13-4-6-15(7-5-13)21-16-11-19-17(20-12-16)9-14-3-2-8-18-10-14/h4-7,11-12,14,18H,2-3,8-10H2,1H3. The lowest BCUT2D eigenvalue weighted by atomic mass is 9.96. The summed E-state index contributed by atoms with van der Waals surface area (Å²) in [5, 5.41) is 3.42. The van der Waals surface area contributed by atoms with Crippen molar-refractivity contribution in [3.8, 4) is 11.5 Å². The van der Waals surface area contributed by atoms with Crippen molar-refractivity contribution in [1.82, 2.24) is 15.3 Å². The smallest absolute Gasteiger partial charge is 0.164 e. The number of nitrogens with one attached hydrogen (secondary N) is 1. The number of nitrogens with zero attached hydrogens (tertiary/aromatic N) is 2. The molecule has 21 heavy (non-hydrogen) atoms. The number of hydrogen-bond acceptors (Lipinski definition) is 4. The van der Waals surface area contributed by atoms with Gasteiger partial charge >= 0.3 is 0 Å². The first-order valence-corrected chi connectivity index (χ1v) is 7.56. The van der Waals surface area contributed by atoms with Gasteiger partial charge in [0.15, 0.2) is 5.75 Å². The Bertz CT molecular complexity index is 560. The number of benzene rings is 1. The minimum absolute atomic E-state index is 0.655. The van der Waals surface area contributed by atoms with Gasteiger partial charge in [-0.25, -0.2) is 9.97 Å². The first kappa shape index (κ1) is 14.0. The van der Waals surface area contributed by atoms with Gasteiger partial charge in [0.1, 0.15) is 11.6 Å². The van der Waals surface area contributed by atoms with E-state index in [1.54, 1.807) is 12.4 Å². The molecule has 2 heterocycles. The highest BCUT2D eigenvalue weighted by molar-refractivity contribution is 5.30. The summed E-state index contributed by atoms with van der Waals surface area (Å²) in [6.07, 6.45) is 6.98. The second-order valence-corrected chi connectivity index (χ2v) is 5.67. The fourth-order valence-electron chi connectivity index (χ4n) is 2.60. The van der Waals surface area contributed by atoms with Crippen LogP contribution >= 0.6 is 0 Å². The molecule has 0 radical (unpaired) electrons. The minimum atomic E-state index is 0.655. The molecule has 3 rings (SSSR count). The maximum absolute atomic E-state index is 5.74. The normalized spacial score (nSPS) is 18.4. The Hall–Kier alpha value is -1.94. The molecule has 1 aromatic carbocycles. The number of hydrogen-bond donors (Lipinski definition) is 1. The average molecular weight is 283 g/mol. The second kappa shape index (κ2) is 6.68. The van der Waals surface area contributed by atoms with E-state index < -0.39 is 0 Å². The first-order valence-electron chi connectivity index (χ1n) is 7.56. The molecular formula is C17H21N3O. The minimum Gasteiger partial charge on any atom is -0.454 e. The molecule has 1 fully saturated rings. The van der Waals surface area contributed by atoms with Gasteiger partial charge in [-0.3, -0.25) is 0 Å². The topological polar surface area (TPSA) is 47.0 Å². The van der Waals surface area contributed by atoms with Crippen molar-refractivity contribution in [2.75, 3.05) is 13.1 Å². The van der Waals surface area contributed by atoms with E-state index in [2.05, 4.69) is 22.2 Å². The van der Waals surface area contributed by atoms with Crippen LogP contribution < -0.4 is 10.1 Å². The van der Waals surface area contributed by atoms with Crippen LogP contribution in [0.15, 0.2) is 36.7 Å². The maximum atomic E-state index is 5.74. The summed E-state index contributed by atoms with van der Waals surface area (Å²) in [6, 6.07) is 7.97. The Morgan fingerprint density at radius 1 is 1.14 bits per heavy atom. The molecule has 110 valence electrons. The Balaban J connectivity index is 1.59.